The molecule has 1 aliphatic rings. The van der Waals surface area contributed by atoms with Crippen molar-refractivity contribution in [2.75, 3.05) is 6.61 Å². The van der Waals surface area contributed by atoms with Gasteiger partial charge in [-0.05, 0) is 51.6 Å². The zero-order valence-corrected chi connectivity index (χ0v) is 20.3. The summed E-state index contributed by atoms with van der Waals surface area (Å²) in [7, 11) is 0. The fraction of sp³-hybridized carbons (Fsp3) is 0.138. The Labute approximate surface area is 217 Å². The third-order valence-electron chi connectivity index (χ3n) is 6.44. The normalized spacial score (nSPS) is 12.9. The predicted octanol–water partition coefficient (Wildman–Crippen LogP) is 6.08. The summed E-state index contributed by atoms with van der Waals surface area (Å²) in [5.74, 6) is -1.91. The lowest BCUT2D eigenvalue weighted by Crippen LogP contribution is -2.43. The molecule has 1 aromatic heterocycles. The second-order valence-electron chi connectivity index (χ2n) is 8.76. The highest BCUT2D eigenvalue weighted by atomic mass is 35.5. The van der Waals surface area contributed by atoms with Gasteiger partial charge in [0.1, 0.15) is 18.5 Å². The molecule has 186 valence electrons. The van der Waals surface area contributed by atoms with Gasteiger partial charge < -0.3 is 15.2 Å². The van der Waals surface area contributed by atoms with Gasteiger partial charge >= 0.3 is 12.1 Å². The van der Waals surface area contributed by atoms with E-state index in [0.29, 0.717) is 21.7 Å². The van der Waals surface area contributed by atoms with Crippen molar-refractivity contribution in [1.29, 1.82) is 0 Å². The third-order valence-corrected chi connectivity index (χ3v) is 6.68. The van der Waals surface area contributed by atoms with Crippen molar-refractivity contribution in [2.24, 2.45) is 0 Å². The zero-order chi connectivity index (χ0) is 25.9. The molecule has 0 aliphatic heterocycles. The van der Waals surface area contributed by atoms with Crippen LogP contribution in [0.4, 0.5) is 9.18 Å². The lowest BCUT2D eigenvalue weighted by Gasteiger charge is -2.19. The van der Waals surface area contributed by atoms with Crippen LogP contribution >= 0.6 is 11.6 Å². The summed E-state index contributed by atoms with van der Waals surface area (Å²) in [6.07, 6.45) is 1.62. The molecule has 6 nitrogen and oxygen atoms in total. The van der Waals surface area contributed by atoms with Crippen molar-refractivity contribution in [3.8, 4) is 22.3 Å². The van der Waals surface area contributed by atoms with Crippen LogP contribution in [0.5, 0.6) is 0 Å². The van der Waals surface area contributed by atoms with Crippen molar-refractivity contribution < 1.29 is 23.8 Å². The van der Waals surface area contributed by atoms with Crippen LogP contribution in [0.15, 0.2) is 85.2 Å². The molecule has 37 heavy (non-hydrogen) atoms. The van der Waals surface area contributed by atoms with Crippen LogP contribution in [0.3, 0.4) is 0 Å². The van der Waals surface area contributed by atoms with E-state index in [0.717, 1.165) is 28.5 Å². The Kier molecular flexibility index (Phi) is 6.88. The maximum absolute atomic E-state index is 13.8. The smallest absolute Gasteiger partial charge is 0.407 e. The molecule has 0 saturated heterocycles. The third kappa shape index (κ3) is 5.17. The molecule has 0 radical (unpaired) electrons. The highest BCUT2D eigenvalue weighted by molar-refractivity contribution is 6.30. The number of ether oxygens (including phenoxy) is 1. The van der Waals surface area contributed by atoms with Gasteiger partial charge in [0.15, 0.2) is 0 Å². The number of halogens is 2. The first-order valence-corrected chi connectivity index (χ1v) is 12.0. The number of hydrogen-bond acceptors (Lipinski definition) is 4. The molecule has 4 aromatic rings. The van der Waals surface area contributed by atoms with Crippen molar-refractivity contribution in [1.82, 2.24) is 10.3 Å². The number of hydrogen-bond donors (Lipinski definition) is 2. The molecule has 8 heteroatoms. The van der Waals surface area contributed by atoms with Crippen molar-refractivity contribution >= 4 is 23.7 Å². The molecule has 5 rings (SSSR count). The summed E-state index contributed by atoms with van der Waals surface area (Å²) < 4.78 is 19.3. The summed E-state index contributed by atoms with van der Waals surface area (Å²) in [5, 5.41) is 12.7. The maximum atomic E-state index is 13.8. The minimum Gasteiger partial charge on any atom is -0.480 e. The van der Waals surface area contributed by atoms with E-state index in [1.807, 2.05) is 48.5 Å². The van der Waals surface area contributed by atoms with Crippen molar-refractivity contribution in [3.05, 3.63) is 113 Å². The van der Waals surface area contributed by atoms with Gasteiger partial charge in [-0.25, -0.2) is 14.0 Å². The number of carboxylic acids is 1. The molecule has 1 aliphatic carbocycles. The number of alkyl carbamates (subject to hydrolysis) is 1. The van der Waals surface area contributed by atoms with Gasteiger partial charge in [0.05, 0.1) is 6.20 Å². The Morgan fingerprint density at radius 3 is 2.30 bits per heavy atom. The fourth-order valence-corrected chi connectivity index (χ4v) is 4.97. The molecular formula is C29H22ClFN2O4. The van der Waals surface area contributed by atoms with Crippen LogP contribution in [-0.2, 0) is 16.0 Å². The van der Waals surface area contributed by atoms with E-state index >= 15 is 0 Å². The van der Waals surface area contributed by atoms with Crippen LogP contribution in [0.1, 0.15) is 22.6 Å². The van der Waals surface area contributed by atoms with E-state index in [1.165, 1.54) is 12.3 Å². The molecule has 0 bridgehead atoms. The van der Waals surface area contributed by atoms with Gasteiger partial charge in [0.2, 0.25) is 0 Å². The van der Waals surface area contributed by atoms with Crippen LogP contribution in [0, 0.1) is 5.82 Å². The van der Waals surface area contributed by atoms with Crippen LogP contribution in [0.2, 0.25) is 5.02 Å². The zero-order valence-electron chi connectivity index (χ0n) is 19.5. The molecule has 0 fully saturated rings. The van der Waals surface area contributed by atoms with Gasteiger partial charge in [-0.1, -0.05) is 66.2 Å². The number of aromatic nitrogens is 1. The Bertz CT molecular complexity index is 1450. The number of carbonyl (C=O) groups excluding carboxylic acids is 1. The lowest BCUT2D eigenvalue weighted by molar-refractivity contribution is -0.139. The van der Waals surface area contributed by atoms with Gasteiger partial charge in [-0.3, -0.25) is 4.98 Å². The summed E-state index contributed by atoms with van der Waals surface area (Å²) >= 11 is 6.16. The quantitative estimate of drug-likeness (QED) is 0.311. The molecule has 1 amide bonds. The van der Waals surface area contributed by atoms with Crippen molar-refractivity contribution in [2.45, 2.75) is 18.4 Å². The number of benzene rings is 3. The molecule has 0 unspecified atom stereocenters. The van der Waals surface area contributed by atoms with E-state index in [2.05, 4.69) is 10.3 Å². The first-order chi connectivity index (χ1) is 17.9. The van der Waals surface area contributed by atoms with Crippen LogP contribution in [-0.4, -0.2) is 34.8 Å². The largest absolute Gasteiger partial charge is 0.480 e. The number of rotatable bonds is 7. The van der Waals surface area contributed by atoms with Gasteiger partial charge in [0.25, 0.3) is 0 Å². The Hall–Kier alpha value is -4.23. The van der Waals surface area contributed by atoms with E-state index in [4.69, 9.17) is 16.3 Å². The summed E-state index contributed by atoms with van der Waals surface area (Å²) in [6, 6.07) is 20.8. The maximum Gasteiger partial charge on any atom is 0.407 e. The van der Waals surface area contributed by atoms with E-state index in [-0.39, 0.29) is 18.9 Å². The van der Waals surface area contributed by atoms with Crippen LogP contribution in [0.25, 0.3) is 22.3 Å². The van der Waals surface area contributed by atoms with Crippen molar-refractivity contribution in [3.63, 3.8) is 0 Å². The molecule has 0 saturated carbocycles. The average Bonchev–Trinajstić information content (AvgIpc) is 3.21. The molecule has 3 aromatic carbocycles. The van der Waals surface area contributed by atoms with Gasteiger partial charge in [-0.15, -0.1) is 0 Å². The highest BCUT2D eigenvalue weighted by Crippen LogP contribution is 2.44. The number of carboxylic acid groups (broad SMARTS) is 1. The monoisotopic (exact) mass is 516 g/mol. The molecule has 0 spiro atoms. The summed E-state index contributed by atoms with van der Waals surface area (Å²) in [5.41, 5.74) is 5.85. The standard InChI is InChI=1S/C29H22ClFN2O4/c30-19-9-10-21(18-12-20(31)15-32-14-18)17(11-19)13-27(28(34)35)33-29(36)37-16-26-24-7-3-1-5-22(24)23-6-2-4-8-25(23)26/h1-12,14-15,26-27H,13,16H2,(H,33,36)(H,34,35)/t27-/m0/s1. The Balaban J connectivity index is 1.31. The number of fused-ring (bicyclic) bond motifs is 3. The first-order valence-electron chi connectivity index (χ1n) is 11.6. The number of amides is 1. The molecular weight excluding hydrogens is 495 g/mol. The number of pyridine rings is 1. The Morgan fingerprint density at radius 2 is 1.65 bits per heavy atom. The fourth-order valence-electron chi connectivity index (χ4n) is 4.77. The lowest BCUT2D eigenvalue weighted by atomic mass is 9.96. The first kappa shape index (κ1) is 24.5. The van der Waals surface area contributed by atoms with E-state index in [1.54, 1.807) is 18.2 Å². The average molecular weight is 517 g/mol. The van der Waals surface area contributed by atoms with E-state index < -0.39 is 23.9 Å². The SMILES string of the molecule is O=C(N[C@@H](Cc1cc(Cl)ccc1-c1cncc(F)c1)C(=O)O)OCC1c2ccccc2-c2ccccc21. The number of nitrogens with zero attached hydrogens (tertiary/aromatic N) is 1. The second kappa shape index (κ2) is 10.4. The second-order valence-corrected chi connectivity index (χ2v) is 9.19. The number of nitrogens with one attached hydrogen (secondary N) is 1. The molecule has 1 heterocycles. The van der Waals surface area contributed by atoms with E-state index in [9.17, 15) is 19.1 Å². The highest BCUT2D eigenvalue weighted by Gasteiger charge is 2.30. The topological polar surface area (TPSA) is 88.5 Å². The molecule has 2 N–H and O–H groups in total. The molecule has 1 atom stereocenters. The van der Waals surface area contributed by atoms with Crippen LogP contribution < -0.4 is 5.32 Å². The minimum atomic E-state index is -1.30. The number of carbonyl (C=O) groups is 2. The summed E-state index contributed by atoms with van der Waals surface area (Å²) in [4.78, 5) is 28.6. The predicted molar refractivity (Wildman–Crippen MR) is 138 cm³/mol. The van der Waals surface area contributed by atoms with Gasteiger partial charge in [0, 0.05) is 29.1 Å². The van der Waals surface area contributed by atoms with Gasteiger partial charge in [-0.2, -0.15) is 0 Å². The minimum absolute atomic E-state index is 0.0591. The number of aliphatic carboxylic acids is 1. The summed E-state index contributed by atoms with van der Waals surface area (Å²) in [6.45, 7) is 0.0591. The Morgan fingerprint density at radius 1 is 0.973 bits per heavy atom.